The van der Waals surface area contributed by atoms with Gasteiger partial charge in [0.15, 0.2) is 0 Å². The van der Waals surface area contributed by atoms with E-state index in [4.69, 9.17) is 0 Å². The zero-order valence-electron chi connectivity index (χ0n) is 28.9. The van der Waals surface area contributed by atoms with E-state index in [-0.39, 0.29) is 0 Å². The number of thiophene rings is 2. The van der Waals surface area contributed by atoms with Crippen LogP contribution in [0.1, 0.15) is 43.1 Å². The predicted octanol–water partition coefficient (Wildman–Crippen LogP) is 14.3. The number of anilines is 6. The van der Waals surface area contributed by atoms with Gasteiger partial charge in [-0.05, 0) is 124 Å². The minimum atomic E-state index is 1.16. The highest BCUT2D eigenvalue weighted by Gasteiger charge is 2.15. The summed E-state index contributed by atoms with van der Waals surface area (Å²) in [4.78, 5) is 7.10. The van der Waals surface area contributed by atoms with Crippen molar-refractivity contribution >= 4 is 79.7 Å². The van der Waals surface area contributed by atoms with Crippen molar-refractivity contribution in [2.75, 3.05) is 9.80 Å². The van der Waals surface area contributed by atoms with Crippen LogP contribution in [0.2, 0.25) is 0 Å². The third-order valence-corrected chi connectivity index (χ3v) is 10.7. The Morgan fingerprint density at radius 2 is 0.600 bits per heavy atom. The zero-order valence-corrected chi connectivity index (χ0v) is 30.5. The quantitative estimate of drug-likeness (QED) is 0.141. The molecule has 0 spiro atoms. The van der Waals surface area contributed by atoms with Gasteiger partial charge in [0.05, 0.1) is 0 Å². The summed E-state index contributed by atoms with van der Waals surface area (Å²) in [6, 6.07) is 52.6. The highest BCUT2D eigenvalue weighted by atomic mass is 32.1. The molecule has 0 aliphatic rings. The maximum Gasteiger partial charge on any atom is 0.100 e. The van der Waals surface area contributed by atoms with Crippen LogP contribution in [-0.4, -0.2) is 0 Å². The highest BCUT2D eigenvalue weighted by molar-refractivity contribution is 7.17. The van der Waals surface area contributed by atoms with Gasteiger partial charge in [-0.25, -0.2) is 0 Å². The van der Waals surface area contributed by atoms with Crippen molar-refractivity contribution in [2.45, 2.75) is 27.7 Å². The zero-order chi connectivity index (χ0) is 34.5. The fourth-order valence-corrected chi connectivity index (χ4v) is 7.67. The van der Waals surface area contributed by atoms with Crippen LogP contribution in [0.4, 0.5) is 32.8 Å². The number of rotatable bonds is 10. The third kappa shape index (κ3) is 7.89. The van der Waals surface area contributed by atoms with Crippen LogP contribution in [0, 0.1) is 27.7 Å². The highest BCUT2D eigenvalue weighted by Crippen LogP contribution is 2.41. The summed E-state index contributed by atoms with van der Waals surface area (Å²) in [6.07, 6.45) is 8.81. The smallest absolute Gasteiger partial charge is 0.100 e. The summed E-state index contributed by atoms with van der Waals surface area (Å²) in [5.74, 6) is 0. The summed E-state index contributed by atoms with van der Waals surface area (Å²) >= 11 is 3.59. The molecule has 0 bridgehead atoms. The van der Waals surface area contributed by atoms with Crippen molar-refractivity contribution in [1.82, 2.24) is 0 Å². The lowest BCUT2D eigenvalue weighted by atomic mass is 10.1. The van der Waals surface area contributed by atoms with Gasteiger partial charge in [0, 0.05) is 32.5 Å². The summed E-state index contributed by atoms with van der Waals surface area (Å²) < 4.78 is 0. The van der Waals surface area contributed by atoms with E-state index in [0.29, 0.717) is 0 Å². The SMILES string of the molecule is Cc1ccc(N(c2ccc(C)cc2)c2ccc(/C=C/c3ccc(/C=C/c4ccc(N(c5ccc(C)cc5)c5ccc(C)cc5)s4)cc3)s2)cc1. The Morgan fingerprint density at radius 1 is 0.320 bits per heavy atom. The van der Waals surface area contributed by atoms with Crippen molar-refractivity contribution in [2.24, 2.45) is 0 Å². The number of aryl methyl sites for hydroxylation is 4. The standard InChI is InChI=1S/C46H40N2S2/c1-33-5-19-39(20-6-33)47(40-21-7-34(2)8-22-40)45-31-29-43(49-45)27-17-37-13-15-38(16-14-37)18-28-44-30-32-46(50-44)48(41-23-9-35(3)10-24-41)42-25-11-36(4)12-26-42/h5-32H,1-4H3/b27-17+,28-18+. The van der Waals surface area contributed by atoms with Gasteiger partial charge >= 0.3 is 0 Å². The maximum atomic E-state index is 2.33. The lowest BCUT2D eigenvalue weighted by Crippen LogP contribution is -2.08. The first-order chi connectivity index (χ1) is 24.4. The Hall–Kier alpha value is -5.42. The van der Waals surface area contributed by atoms with E-state index < -0.39 is 0 Å². The molecule has 0 fully saturated rings. The normalized spacial score (nSPS) is 11.4. The minimum absolute atomic E-state index is 1.16. The third-order valence-electron chi connectivity index (χ3n) is 8.65. The largest absolute Gasteiger partial charge is 0.302 e. The van der Waals surface area contributed by atoms with Crippen molar-refractivity contribution < 1.29 is 0 Å². The molecule has 0 saturated heterocycles. The molecule has 50 heavy (non-hydrogen) atoms. The summed E-state index contributed by atoms with van der Waals surface area (Å²) in [7, 11) is 0. The molecule has 0 atom stereocenters. The van der Waals surface area contributed by atoms with Gasteiger partial charge in [-0.1, -0.05) is 107 Å². The van der Waals surface area contributed by atoms with Crippen molar-refractivity contribution in [3.8, 4) is 0 Å². The molecule has 2 nitrogen and oxygen atoms in total. The van der Waals surface area contributed by atoms with Crippen LogP contribution in [0.15, 0.2) is 146 Å². The summed E-state index contributed by atoms with van der Waals surface area (Å²) in [5.41, 5.74) is 12.0. The van der Waals surface area contributed by atoms with E-state index in [0.717, 1.165) is 22.7 Å². The molecule has 7 rings (SSSR count). The van der Waals surface area contributed by atoms with Gasteiger partial charge in [-0.3, -0.25) is 0 Å². The van der Waals surface area contributed by atoms with E-state index in [2.05, 4.69) is 207 Å². The predicted molar refractivity (Wildman–Crippen MR) is 221 cm³/mol. The monoisotopic (exact) mass is 684 g/mol. The van der Waals surface area contributed by atoms with Crippen molar-refractivity contribution in [3.63, 3.8) is 0 Å². The summed E-state index contributed by atoms with van der Waals surface area (Å²) in [6.45, 7) is 8.52. The van der Waals surface area contributed by atoms with Crippen LogP contribution in [0.5, 0.6) is 0 Å². The molecule has 0 radical (unpaired) electrons. The first kappa shape index (κ1) is 33.1. The molecular formula is C46H40N2S2. The van der Waals surface area contributed by atoms with Crippen molar-refractivity contribution in [1.29, 1.82) is 0 Å². The van der Waals surface area contributed by atoms with Crippen LogP contribution in [0.3, 0.4) is 0 Å². The van der Waals surface area contributed by atoms with E-state index in [1.807, 2.05) is 0 Å². The Labute approximate surface area is 304 Å². The Morgan fingerprint density at radius 3 is 0.880 bits per heavy atom. The lowest BCUT2D eigenvalue weighted by molar-refractivity contribution is 1.29. The first-order valence-electron chi connectivity index (χ1n) is 16.9. The Balaban J connectivity index is 1.05. The van der Waals surface area contributed by atoms with Gasteiger partial charge in [0.25, 0.3) is 0 Å². The molecule has 2 heterocycles. The van der Waals surface area contributed by atoms with E-state index in [9.17, 15) is 0 Å². The molecule has 0 aliphatic heterocycles. The van der Waals surface area contributed by atoms with Gasteiger partial charge < -0.3 is 9.80 Å². The molecule has 0 amide bonds. The molecule has 0 unspecified atom stereocenters. The molecule has 0 saturated carbocycles. The van der Waals surface area contributed by atoms with Crippen molar-refractivity contribution in [3.05, 3.63) is 189 Å². The number of nitrogens with zero attached hydrogens (tertiary/aromatic N) is 2. The van der Waals surface area contributed by atoms with Gasteiger partial charge in [-0.2, -0.15) is 0 Å². The van der Waals surface area contributed by atoms with Gasteiger partial charge in [0.1, 0.15) is 10.0 Å². The van der Waals surface area contributed by atoms with Crippen LogP contribution < -0.4 is 9.80 Å². The molecule has 246 valence electrons. The second-order valence-electron chi connectivity index (χ2n) is 12.7. The second kappa shape index (κ2) is 15.0. The maximum absolute atomic E-state index is 2.33. The molecule has 0 N–H and O–H groups in total. The van der Waals surface area contributed by atoms with Crippen LogP contribution in [0.25, 0.3) is 24.3 Å². The fourth-order valence-electron chi connectivity index (χ4n) is 5.76. The molecular weight excluding hydrogens is 645 g/mol. The topological polar surface area (TPSA) is 6.48 Å². The van der Waals surface area contributed by atoms with Gasteiger partial charge in [0.2, 0.25) is 0 Å². The average molecular weight is 685 g/mol. The first-order valence-corrected chi connectivity index (χ1v) is 18.5. The van der Waals surface area contributed by atoms with Crippen LogP contribution >= 0.6 is 22.7 Å². The Kier molecular flexibility index (Phi) is 9.93. The molecule has 7 aromatic rings. The number of hydrogen-bond donors (Lipinski definition) is 0. The lowest BCUT2D eigenvalue weighted by Gasteiger charge is -2.23. The molecule has 4 heteroatoms. The second-order valence-corrected chi connectivity index (χ2v) is 14.9. The van der Waals surface area contributed by atoms with E-state index >= 15 is 0 Å². The molecule has 5 aromatic carbocycles. The average Bonchev–Trinajstić information content (AvgIpc) is 3.81. The number of benzene rings is 5. The van der Waals surface area contributed by atoms with E-state index in [1.165, 1.54) is 53.1 Å². The van der Waals surface area contributed by atoms with Gasteiger partial charge in [-0.15, -0.1) is 22.7 Å². The number of hydrogen-bond acceptors (Lipinski definition) is 4. The molecule has 2 aromatic heterocycles. The van der Waals surface area contributed by atoms with Crippen LogP contribution in [-0.2, 0) is 0 Å². The minimum Gasteiger partial charge on any atom is -0.302 e. The molecule has 0 aliphatic carbocycles. The Bertz CT molecular complexity index is 1960. The summed E-state index contributed by atoms with van der Waals surface area (Å²) in [5, 5.41) is 2.38. The van der Waals surface area contributed by atoms with E-state index in [1.54, 1.807) is 22.7 Å². The fraction of sp³-hybridized carbons (Fsp3) is 0.0870.